The van der Waals surface area contributed by atoms with Crippen LogP contribution in [0.4, 0.5) is 0 Å². The van der Waals surface area contributed by atoms with Crippen LogP contribution in [0.2, 0.25) is 0 Å². The molecule has 0 spiro atoms. The van der Waals surface area contributed by atoms with E-state index in [0.717, 1.165) is 7.11 Å². The van der Waals surface area contributed by atoms with Crippen molar-refractivity contribution in [3.63, 3.8) is 0 Å². The van der Waals surface area contributed by atoms with Gasteiger partial charge in [0, 0.05) is 11.6 Å². The van der Waals surface area contributed by atoms with Gasteiger partial charge in [0.2, 0.25) is 12.0 Å². The van der Waals surface area contributed by atoms with Crippen molar-refractivity contribution in [1.82, 2.24) is 0 Å². The minimum absolute atomic E-state index is 0.0105. The Hall–Kier alpha value is -3.58. The van der Waals surface area contributed by atoms with Gasteiger partial charge in [-0.15, -0.1) is 0 Å². The van der Waals surface area contributed by atoms with E-state index in [0.29, 0.717) is 5.56 Å². The Morgan fingerprint density at radius 2 is 1.72 bits per heavy atom. The molecule has 2 aromatic rings. The number of ketones is 1. The molecule has 0 aromatic heterocycles. The number of hydrogen-bond acceptors (Lipinski definition) is 12. The first-order valence-electron chi connectivity index (χ1n) is 10.9. The molecule has 1 fully saturated rings. The highest BCUT2D eigenvalue weighted by molar-refractivity contribution is 6.04. The summed E-state index contributed by atoms with van der Waals surface area (Å²) in [6.45, 7) is 0. The fourth-order valence-electron chi connectivity index (χ4n) is 4.19. The zero-order valence-electron chi connectivity index (χ0n) is 19.6. The minimum Gasteiger partial charge on any atom is -0.507 e. The average Bonchev–Trinajstić information content (AvgIpc) is 2.88. The van der Waals surface area contributed by atoms with Crippen LogP contribution in [0.1, 0.15) is 28.4 Å². The van der Waals surface area contributed by atoms with Gasteiger partial charge < -0.3 is 48.8 Å². The second-order valence-corrected chi connectivity index (χ2v) is 8.14. The Balaban J connectivity index is 1.67. The molecule has 0 saturated carbocycles. The maximum absolute atomic E-state index is 13.0. The third-order valence-electron chi connectivity index (χ3n) is 6.03. The molecule has 0 bridgehead atoms. The Morgan fingerprint density at radius 1 is 1.00 bits per heavy atom. The van der Waals surface area contributed by atoms with Gasteiger partial charge in [0.25, 0.3) is 0 Å². The van der Waals surface area contributed by atoms with E-state index >= 15 is 0 Å². The molecule has 0 unspecified atom stereocenters. The van der Waals surface area contributed by atoms with Crippen molar-refractivity contribution in [2.75, 3.05) is 21.3 Å². The zero-order valence-corrected chi connectivity index (χ0v) is 19.6. The molecule has 2 aliphatic rings. The molecule has 0 aliphatic carbocycles. The zero-order chi connectivity index (χ0) is 26.1. The lowest BCUT2D eigenvalue weighted by Gasteiger charge is -2.39. The van der Waals surface area contributed by atoms with E-state index < -0.39 is 48.6 Å². The van der Waals surface area contributed by atoms with Gasteiger partial charge in [-0.05, 0) is 6.07 Å². The topological polar surface area (TPSA) is 170 Å². The quantitative estimate of drug-likeness (QED) is 0.400. The van der Waals surface area contributed by atoms with E-state index in [9.17, 15) is 30.0 Å². The number of Topliss-reactive ketones (excluding diaryl/α,β-unsaturated/α-hetero) is 1. The number of aromatic hydroxyl groups is 1. The highest BCUT2D eigenvalue weighted by Crippen LogP contribution is 2.50. The van der Waals surface area contributed by atoms with Crippen LogP contribution in [0.15, 0.2) is 30.3 Å². The van der Waals surface area contributed by atoms with Gasteiger partial charge in [-0.1, -0.05) is 18.2 Å². The first kappa shape index (κ1) is 25.5. The van der Waals surface area contributed by atoms with Crippen LogP contribution < -0.4 is 18.9 Å². The molecule has 194 valence electrons. The number of rotatable bonds is 6. The third kappa shape index (κ3) is 4.39. The summed E-state index contributed by atoms with van der Waals surface area (Å²) in [5.74, 6) is -1.33. The van der Waals surface area contributed by atoms with Gasteiger partial charge in [0.05, 0.1) is 27.8 Å². The number of aliphatic hydroxyl groups excluding tert-OH is 3. The van der Waals surface area contributed by atoms with E-state index in [1.807, 2.05) is 0 Å². The SMILES string of the molecule is COC(=O)[C@H]1O[C@@H](Oc2ccccc2[C@@H]2CC(=O)c3c(O)cc(OC)c(OC)c3O2)[C@H](O)[C@@H](O)[C@@H]1O. The van der Waals surface area contributed by atoms with Crippen molar-refractivity contribution in [1.29, 1.82) is 0 Å². The van der Waals surface area contributed by atoms with Gasteiger partial charge in [-0.3, -0.25) is 4.79 Å². The normalized spacial score (nSPS) is 27.4. The summed E-state index contributed by atoms with van der Waals surface area (Å²) in [7, 11) is 3.82. The number of para-hydroxylation sites is 1. The molecular weight excluding hydrogens is 480 g/mol. The molecule has 1 saturated heterocycles. The maximum Gasteiger partial charge on any atom is 0.337 e. The second kappa shape index (κ2) is 10.2. The number of ether oxygens (including phenoxy) is 6. The molecule has 2 heterocycles. The molecule has 0 radical (unpaired) electrons. The third-order valence-corrected chi connectivity index (χ3v) is 6.03. The maximum atomic E-state index is 13.0. The largest absolute Gasteiger partial charge is 0.507 e. The summed E-state index contributed by atoms with van der Waals surface area (Å²) in [6.07, 6.45) is -9.48. The molecular formula is C24H26O12. The molecule has 12 nitrogen and oxygen atoms in total. The predicted molar refractivity (Wildman–Crippen MR) is 119 cm³/mol. The van der Waals surface area contributed by atoms with Crippen molar-refractivity contribution in [3.05, 3.63) is 41.5 Å². The lowest BCUT2D eigenvalue weighted by molar-refractivity contribution is -0.272. The first-order chi connectivity index (χ1) is 17.2. The van der Waals surface area contributed by atoms with Crippen LogP contribution in [0.3, 0.4) is 0 Å². The Kier molecular flexibility index (Phi) is 7.22. The molecule has 0 amide bonds. The number of methoxy groups -OCH3 is 3. The highest BCUT2D eigenvalue weighted by Gasteiger charge is 2.49. The fraction of sp³-hybridized carbons (Fsp3) is 0.417. The van der Waals surface area contributed by atoms with E-state index in [1.54, 1.807) is 18.2 Å². The summed E-state index contributed by atoms with van der Waals surface area (Å²) in [5.41, 5.74) is 0.318. The number of esters is 1. The van der Waals surface area contributed by atoms with Crippen LogP contribution in [0, 0.1) is 0 Å². The van der Waals surface area contributed by atoms with Crippen molar-refractivity contribution in [2.45, 2.75) is 43.2 Å². The second-order valence-electron chi connectivity index (χ2n) is 8.14. The number of carbonyl (C=O) groups is 2. The molecule has 6 atom stereocenters. The summed E-state index contributed by atoms with van der Waals surface area (Å²) >= 11 is 0. The van der Waals surface area contributed by atoms with E-state index in [-0.39, 0.29) is 40.7 Å². The van der Waals surface area contributed by atoms with Crippen LogP contribution in [-0.4, -0.2) is 84.2 Å². The van der Waals surface area contributed by atoms with E-state index in [4.69, 9.17) is 23.7 Å². The first-order valence-corrected chi connectivity index (χ1v) is 10.9. The molecule has 2 aromatic carbocycles. The number of hydrogen-bond donors (Lipinski definition) is 4. The lowest BCUT2D eigenvalue weighted by Crippen LogP contribution is -2.61. The standard InChI is InChI=1S/C24H26O12/c1-31-15-9-12(26)16-11(25)8-14(34-21(16)20(15)32-2)10-6-4-5-7-13(10)35-24-19(29)17(27)18(28)22(36-24)23(30)33-3/h4-7,9,14,17-19,22,24,26-29H,8H2,1-3H3/t14-,17-,18-,19+,22-,24+/m0/s1. The number of fused-ring (bicyclic) bond motifs is 1. The molecule has 4 rings (SSSR count). The Morgan fingerprint density at radius 3 is 2.39 bits per heavy atom. The molecule has 2 aliphatic heterocycles. The fourth-order valence-corrected chi connectivity index (χ4v) is 4.19. The van der Waals surface area contributed by atoms with Crippen LogP contribution in [-0.2, 0) is 14.3 Å². The van der Waals surface area contributed by atoms with Gasteiger partial charge in [-0.25, -0.2) is 4.79 Å². The summed E-state index contributed by atoms with van der Waals surface area (Å²) in [4.78, 5) is 25.0. The smallest absolute Gasteiger partial charge is 0.337 e. The number of aliphatic hydroxyl groups is 3. The highest BCUT2D eigenvalue weighted by atomic mass is 16.7. The van der Waals surface area contributed by atoms with Gasteiger partial charge in [-0.2, -0.15) is 0 Å². The van der Waals surface area contributed by atoms with Crippen LogP contribution >= 0.6 is 0 Å². The van der Waals surface area contributed by atoms with Gasteiger partial charge >= 0.3 is 5.97 Å². The van der Waals surface area contributed by atoms with Gasteiger partial charge in [0.15, 0.2) is 23.4 Å². The average molecular weight is 506 g/mol. The summed E-state index contributed by atoms with van der Waals surface area (Å²) < 4.78 is 32.4. The van der Waals surface area contributed by atoms with Crippen molar-refractivity contribution < 1.29 is 58.4 Å². The minimum atomic E-state index is -1.76. The number of carbonyl (C=O) groups excluding carboxylic acids is 2. The number of phenols is 1. The number of benzene rings is 2. The Labute approximate surface area is 205 Å². The van der Waals surface area contributed by atoms with E-state index in [2.05, 4.69) is 4.74 Å². The summed E-state index contributed by atoms with van der Waals surface area (Å²) in [5, 5.41) is 41.1. The van der Waals surface area contributed by atoms with Crippen molar-refractivity contribution in [3.8, 4) is 28.7 Å². The molecule has 4 N–H and O–H groups in total. The molecule has 36 heavy (non-hydrogen) atoms. The van der Waals surface area contributed by atoms with Gasteiger partial charge in [0.1, 0.15) is 41.5 Å². The monoisotopic (exact) mass is 506 g/mol. The lowest BCUT2D eigenvalue weighted by atomic mass is 9.94. The van der Waals surface area contributed by atoms with E-state index in [1.165, 1.54) is 26.4 Å². The van der Waals surface area contributed by atoms with Crippen LogP contribution in [0.25, 0.3) is 0 Å². The van der Waals surface area contributed by atoms with Crippen molar-refractivity contribution in [2.24, 2.45) is 0 Å². The molecule has 12 heteroatoms. The van der Waals surface area contributed by atoms with Crippen molar-refractivity contribution >= 4 is 11.8 Å². The Bertz CT molecular complexity index is 1150. The number of phenolic OH excluding ortho intramolecular Hbond substituents is 1. The predicted octanol–water partition coefficient (Wildman–Crippen LogP) is 0.475. The van der Waals surface area contributed by atoms with Crippen LogP contribution in [0.5, 0.6) is 28.7 Å². The summed E-state index contributed by atoms with van der Waals surface area (Å²) in [6, 6.07) is 7.67.